The summed E-state index contributed by atoms with van der Waals surface area (Å²) in [4.78, 5) is 21.5. The van der Waals surface area contributed by atoms with Gasteiger partial charge in [-0.2, -0.15) is 4.39 Å². The molecule has 0 atom stereocenters. The van der Waals surface area contributed by atoms with Crippen LogP contribution in [0.2, 0.25) is 0 Å². The normalized spacial score (nSPS) is 10.1. The Morgan fingerprint density at radius 2 is 1.75 bits per heavy atom. The summed E-state index contributed by atoms with van der Waals surface area (Å²) in [6.45, 7) is 6.92. The van der Waals surface area contributed by atoms with Gasteiger partial charge in [-0.05, 0) is 31.4 Å². The van der Waals surface area contributed by atoms with Gasteiger partial charge in [-0.15, -0.1) is 11.3 Å². The number of halogens is 1. The molecule has 0 unspecified atom stereocenters. The van der Waals surface area contributed by atoms with E-state index in [1.54, 1.807) is 24.6 Å². The van der Waals surface area contributed by atoms with Crippen LogP contribution in [-0.4, -0.2) is 11.6 Å². The van der Waals surface area contributed by atoms with E-state index in [2.05, 4.69) is 0 Å². The highest BCUT2D eigenvalue weighted by Gasteiger charge is 2.12. The van der Waals surface area contributed by atoms with Gasteiger partial charge in [0.05, 0.1) is 17.4 Å². The van der Waals surface area contributed by atoms with E-state index < -0.39 is 0 Å². The molecule has 0 aliphatic heterocycles. The van der Waals surface area contributed by atoms with Gasteiger partial charge in [-0.1, -0.05) is 13.8 Å². The lowest BCUT2D eigenvalue weighted by atomic mass is 10.1. The second-order valence-corrected chi connectivity index (χ2v) is 5.44. The molecule has 0 saturated heterocycles. The van der Waals surface area contributed by atoms with E-state index in [-0.39, 0.29) is 28.2 Å². The second-order valence-electron chi connectivity index (χ2n) is 4.57. The first-order valence-corrected chi connectivity index (χ1v) is 7.04. The molecular weight excluding hydrogens is 279 g/mol. The SMILES string of the molecule is CC(=O)c1ccoc1C(C)C.CC(=O)c1ccsc1F. The fourth-order valence-corrected chi connectivity index (χ4v) is 2.27. The van der Waals surface area contributed by atoms with Crippen LogP contribution in [0.1, 0.15) is 60.1 Å². The molecule has 0 aliphatic rings. The zero-order valence-electron chi connectivity index (χ0n) is 11.9. The highest BCUT2D eigenvalue weighted by molar-refractivity contribution is 7.08. The average molecular weight is 296 g/mol. The quantitative estimate of drug-likeness (QED) is 0.772. The molecule has 0 amide bonds. The Kier molecular flexibility index (Phi) is 5.82. The number of hydrogen-bond donors (Lipinski definition) is 0. The first kappa shape index (κ1) is 16.3. The summed E-state index contributed by atoms with van der Waals surface area (Å²) >= 11 is 0.945. The lowest BCUT2D eigenvalue weighted by molar-refractivity contribution is 0.100. The van der Waals surface area contributed by atoms with Crippen molar-refractivity contribution >= 4 is 22.9 Å². The van der Waals surface area contributed by atoms with E-state index in [4.69, 9.17) is 4.42 Å². The number of ketones is 2. The lowest BCUT2D eigenvalue weighted by Gasteiger charge is -2.01. The van der Waals surface area contributed by atoms with Crippen LogP contribution in [-0.2, 0) is 0 Å². The fraction of sp³-hybridized carbons (Fsp3) is 0.333. The molecular formula is C15H17FO3S. The van der Waals surface area contributed by atoms with Crippen molar-refractivity contribution in [3.05, 3.63) is 45.8 Å². The zero-order chi connectivity index (χ0) is 15.3. The zero-order valence-corrected chi connectivity index (χ0v) is 12.7. The summed E-state index contributed by atoms with van der Waals surface area (Å²) in [6, 6.07) is 3.21. The third-order valence-electron chi connectivity index (χ3n) is 2.60. The number of Topliss-reactive ketones (excluding diaryl/α,β-unsaturated/α-hetero) is 2. The second kappa shape index (κ2) is 7.14. The first-order valence-electron chi connectivity index (χ1n) is 6.16. The summed E-state index contributed by atoms with van der Waals surface area (Å²) in [7, 11) is 0. The summed E-state index contributed by atoms with van der Waals surface area (Å²) < 4.78 is 17.6. The van der Waals surface area contributed by atoms with Crippen LogP contribution < -0.4 is 0 Å². The fourth-order valence-electron chi connectivity index (χ4n) is 1.61. The van der Waals surface area contributed by atoms with Crippen LogP contribution in [0.15, 0.2) is 28.2 Å². The van der Waals surface area contributed by atoms with Gasteiger partial charge in [0.1, 0.15) is 5.76 Å². The van der Waals surface area contributed by atoms with Gasteiger partial charge in [0.2, 0.25) is 0 Å². The number of rotatable bonds is 3. The minimum absolute atomic E-state index is 0.0717. The van der Waals surface area contributed by atoms with Gasteiger partial charge in [0, 0.05) is 5.92 Å². The molecule has 0 radical (unpaired) electrons. The van der Waals surface area contributed by atoms with Crippen molar-refractivity contribution in [1.29, 1.82) is 0 Å². The molecule has 108 valence electrons. The standard InChI is InChI=1S/C9H12O2.C6H5FOS/c1-6(2)9-8(7(3)10)4-5-11-9;1-4(8)5-2-3-9-6(5)7/h4-6H,1-3H3;2-3H,1H3. The number of carbonyl (C=O) groups is 2. The molecule has 0 saturated carbocycles. The van der Waals surface area contributed by atoms with E-state index in [9.17, 15) is 14.0 Å². The van der Waals surface area contributed by atoms with Crippen molar-refractivity contribution in [2.75, 3.05) is 0 Å². The smallest absolute Gasteiger partial charge is 0.187 e. The molecule has 3 nitrogen and oxygen atoms in total. The van der Waals surface area contributed by atoms with E-state index in [0.29, 0.717) is 5.56 Å². The van der Waals surface area contributed by atoms with Crippen LogP contribution in [0.25, 0.3) is 0 Å². The predicted octanol–water partition coefficient (Wildman–Crippen LogP) is 4.70. The monoisotopic (exact) mass is 296 g/mol. The maximum Gasteiger partial charge on any atom is 0.187 e. The third-order valence-corrected chi connectivity index (χ3v) is 3.30. The summed E-state index contributed by atoms with van der Waals surface area (Å²) in [6.07, 6.45) is 1.56. The first-order chi connectivity index (χ1) is 9.34. The maximum absolute atomic E-state index is 12.4. The summed E-state index contributed by atoms with van der Waals surface area (Å²) in [5, 5.41) is 1.18. The third kappa shape index (κ3) is 4.13. The molecule has 0 aliphatic carbocycles. The van der Waals surface area contributed by atoms with Crippen molar-refractivity contribution in [2.45, 2.75) is 33.6 Å². The van der Waals surface area contributed by atoms with Crippen molar-refractivity contribution in [2.24, 2.45) is 0 Å². The van der Waals surface area contributed by atoms with Crippen molar-refractivity contribution in [3.8, 4) is 0 Å². The summed E-state index contributed by atoms with van der Waals surface area (Å²) in [5.74, 6) is 0.928. The molecule has 20 heavy (non-hydrogen) atoms. The van der Waals surface area contributed by atoms with E-state index in [1.807, 2.05) is 13.8 Å². The van der Waals surface area contributed by atoms with Crippen LogP contribution >= 0.6 is 11.3 Å². The van der Waals surface area contributed by atoms with Gasteiger partial charge in [-0.3, -0.25) is 9.59 Å². The van der Waals surface area contributed by atoms with Crippen molar-refractivity contribution < 1.29 is 18.4 Å². The molecule has 0 fully saturated rings. The number of hydrogen-bond acceptors (Lipinski definition) is 4. The van der Waals surface area contributed by atoms with Gasteiger partial charge < -0.3 is 4.42 Å². The Balaban J connectivity index is 0.000000204. The molecule has 0 N–H and O–H groups in total. The van der Waals surface area contributed by atoms with Crippen LogP contribution in [0, 0.1) is 5.13 Å². The highest BCUT2D eigenvalue weighted by Crippen LogP contribution is 2.20. The van der Waals surface area contributed by atoms with Crippen molar-refractivity contribution in [1.82, 2.24) is 0 Å². The molecule has 2 aromatic heterocycles. The summed E-state index contributed by atoms with van der Waals surface area (Å²) in [5.41, 5.74) is 0.903. The minimum atomic E-state index is -0.387. The highest BCUT2D eigenvalue weighted by atomic mass is 32.1. The largest absolute Gasteiger partial charge is 0.468 e. The van der Waals surface area contributed by atoms with Crippen LogP contribution in [0.5, 0.6) is 0 Å². The Labute approximate surface area is 121 Å². The van der Waals surface area contributed by atoms with Gasteiger partial charge in [-0.25, -0.2) is 0 Å². The van der Waals surface area contributed by atoms with E-state index in [1.165, 1.54) is 13.0 Å². The van der Waals surface area contributed by atoms with Gasteiger partial charge in [0.15, 0.2) is 16.7 Å². The number of carbonyl (C=O) groups excluding carboxylic acids is 2. The van der Waals surface area contributed by atoms with Crippen LogP contribution in [0.3, 0.4) is 0 Å². The molecule has 0 bridgehead atoms. The molecule has 2 heterocycles. The molecule has 2 aromatic rings. The number of thiophene rings is 1. The molecule has 0 spiro atoms. The Hall–Kier alpha value is -1.75. The molecule has 5 heteroatoms. The lowest BCUT2D eigenvalue weighted by Crippen LogP contribution is -1.96. The molecule has 0 aromatic carbocycles. The Morgan fingerprint density at radius 3 is 2.05 bits per heavy atom. The average Bonchev–Trinajstić information content (AvgIpc) is 2.96. The van der Waals surface area contributed by atoms with Crippen LogP contribution in [0.4, 0.5) is 4.39 Å². The predicted molar refractivity (Wildman–Crippen MR) is 77.1 cm³/mol. The Morgan fingerprint density at radius 1 is 1.15 bits per heavy atom. The molecule has 2 rings (SSSR count). The minimum Gasteiger partial charge on any atom is -0.468 e. The van der Waals surface area contributed by atoms with Crippen molar-refractivity contribution in [3.63, 3.8) is 0 Å². The topological polar surface area (TPSA) is 47.3 Å². The number of furan rings is 1. The van der Waals surface area contributed by atoms with Gasteiger partial charge >= 0.3 is 0 Å². The van der Waals surface area contributed by atoms with E-state index in [0.717, 1.165) is 17.1 Å². The Bertz CT molecular complexity index is 596. The maximum atomic E-state index is 12.4. The van der Waals surface area contributed by atoms with Gasteiger partial charge in [0.25, 0.3) is 0 Å². The van der Waals surface area contributed by atoms with E-state index >= 15 is 0 Å².